The third kappa shape index (κ3) is 2.43. The van der Waals surface area contributed by atoms with Crippen LogP contribution in [0.3, 0.4) is 0 Å². The summed E-state index contributed by atoms with van der Waals surface area (Å²) >= 11 is 17.0. The number of hydrogen-bond acceptors (Lipinski definition) is 1. The summed E-state index contributed by atoms with van der Waals surface area (Å²) in [5.74, 6) is -0.338. The Morgan fingerprint density at radius 3 is 2.75 bits per heavy atom. The summed E-state index contributed by atoms with van der Waals surface area (Å²) in [6.07, 6.45) is 0. The Morgan fingerprint density at radius 2 is 2.05 bits per heavy atom. The highest BCUT2D eigenvalue weighted by molar-refractivity contribution is 14.1. The lowest BCUT2D eigenvalue weighted by atomic mass is 10.2. The van der Waals surface area contributed by atoms with Crippen molar-refractivity contribution >= 4 is 73.4 Å². The first kappa shape index (κ1) is 14.5. The highest BCUT2D eigenvalue weighted by Gasteiger charge is 2.12. The van der Waals surface area contributed by atoms with Crippen molar-refractivity contribution in [3.63, 3.8) is 0 Å². The first-order chi connectivity index (χ1) is 9.47. The average Bonchev–Trinajstić information content (AvgIpc) is 2.66. The summed E-state index contributed by atoms with van der Waals surface area (Å²) < 4.78 is 17.3. The fraction of sp³-hybridized carbons (Fsp3) is 0. The second-order valence-corrected chi connectivity index (χ2v) is 7.04. The number of nitrogens with zero attached hydrogens (tertiary/aromatic N) is 1. The molecule has 7 heteroatoms. The van der Waals surface area contributed by atoms with Gasteiger partial charge in [-0.15, -0.1) is 0 Å². The van der Waals surface area contributed by atoms with Crippen LogP contribution >= 0.6 is 62.3 Å². The van der Waals surface area contributed by atoms with E-state index < -0.39 is 0 Å². The van der Waals surface area contributed by atoms with Crippen LogP contribution in [0.25, 0.3) is 16.7 Å². The molecule has 0 aliphatic carbocycles. The van der Waals surface area contributed by atoms with Crippen LogP contribution in [0.1, 0.15) is 0 Å². The Balaban J connectivity index is 2.39. The van der Waals surface area contributed by atoms with E-state index in [-0.39, 0.29) is 5.82 Å². The molecular formula is C13H6BrClFIN2S. The minimum atomic E-state index is -0.338. The molecule has 2 nitrogen and oxygen atoms in total. The third-order valence-electron chi connectivity index (χ3n) is 2.87. The molecule has 0 saturated carbocycles. The molecule has 0 amide bonds. The molecule has 1 aromatic heterocycles. The smallest absolute Gasteiger partial charge is 0.182 e. The summed E-state index contributed by atoms with van der Waals surface area (Å²) in [6, 6.07) is 8.79. The lowest BCUT2D eigenvalue weighted by molar-refractivity contribution is 0.623. The molecule has 0 atom stereocenters. The van der Waals surface area contributed by atoms with Gasteiger partial charge in [0, 0.05) is 9.64 Å². The number of H-pyrrole nitrogens is 1. The SMILES string of the molecule is Fc1cc2[nH]c(=S)n(-c3ccc(I)cc3Cl)c2cc1Br. The Morgan fingerprint density at radius 1 is 1.30 bits per heavy atom. The van der Waals surface area contributed by atoms with Gasteiger partial charge in [0.15, 0.2) is 4.77 Å². The van der Waals surface area contributed by atoms with E-state index >= 15 is 0 Å². The van der Waals surface area contributed by atoms with E-state index in [0.717, 1.165) is 14.8 Å². The highest BCUT2D eigenvalue weighted by Crippen LogP contribution is 2.29. The van der Waals surface area contributed by atoms with Gasteiger partial charge in [0.1, 0.15) is 5.82 Å². The predicted molar refractivity (Wildman–Crippen MR) is 93.8 cm³/mol. The van der Waals surface area contributed by atoms with E-state index in [9.17, 15) is 4.39 Å². The van der Waals surface area contributed by atoms with E-state index in [4.69, 9.17) is 23.8 Å². The van der Waals surface area contributed by atoms with Crippen molar-refractivity contribution in [1.29, 1.82) is 0 Å². The van der Waals surface area contributed by atoms with Crippen LogP contribution in [0.5, 0.6) is 0 Å². The third-order valence-corrected chi connectivity index (χ3v) is 4.74. The molecule has 0 aliphatic rings. The second kappa shape index (κ2) is 5.40. The minimum Gasteiger partial charge on any atom is -0.330 e. The van der Waals surface area contributed by atoms with Gasteiger partial charge >= 0.3 is 0 Å². The van der Waals surface area contributed by atoms with Crippen molar-refractivity contribution in [2.45, 2.75) is 0 Å². The van der Waals surface area contributed by atoms with Gasteiger partial charge in [-0.25, -0.2) is 4.39 Å². The molecule has 20 heavy (non-hydrogen) atoms. The van der Waals surface area contributed by atoms with E-state index in [1.54, 1.807) is 10.6 Å². The van der Waals surface area contributed by atoms with Crippen molar-refractivity contribution in [3.8, 4) is 5.69 Å². The zero-order chi connectivity index (χ0) is 14.4. The summed E-state index contributed by atoms with van der Waals surface area (Å²) in [5, 5.41) is 0.592. The van der Waals surface area contributed by atoms with Crippen LogP contribution in [-0.4, -0.2) is 9.55 Å². The first-order valence-electron chi connectivity index (χ1n) is 5.52. The molecule has 3 aromatic rings. The van der Waals surface area contributed by atoms with E-state index in [1.165, 1.54) is 6.07 Å². The van der Waals surface area contributed by atoms with Gasteiger partial charge in [-0.2, -0.15) is 0 Å². The van der Waals surface area contributed by atoms with Gasteiger partial charge in [-0.1, -0.05) is 11.6 Å². The maximum Gasteiger partial charge on any atom is 0.182 e. The fourth-order valence-electron chi connectivity index (χ4n) is 2.00. The van der Waals surface area contributed by atoms with Gasteiger partial charge in [0.05, 0.1) is 26.2 Å². The molecule has 0 aliphatic heterocycles. The highest BCUT2D eigenvalue weighted by atomic mass is 127. The second-order valence-electron chi connectivity index (χ2n) is 4.14. The molecular weight excluding hydrogens is 477 g/mol. The molecule has 0 unspecified atom stereocenters. The zero-order valence-electron chi connectivity index (χ0n) is 9.75. The molecule has 2 aromatic carbocycles. The maximum absolute atomic E-state index is 13.6. The standard InChI is InChI=1S/C13H6BrClFIN2S/c14-7-4-12-10(5-9(7)16)18-13(20)19(12)11-2-1-6(17)3-8(11)15/h1-5H,(H,18,20). The Labute approximate surface area is 146 Å². The average molecular weight is 484 g/mol. The Kier molecular flexibility index (Phi) is 3.91. The topological polar surface area (TPSA) is 20.7 Å². The molecule has 0 fully saturated rings. The van der Waals surface area contributed by atoms with Gasteiger partial charge in [0.25, 0.3) is 0 Å². The number of fused-ring (bicyclic) bond motifs is 1. The molecule has 102 valence electrons. The number of rotatable bonds is 1. The molecule has 0 saturated heterocycles. The van der Waals surface area contributed by atoms with Gasteiger partial charge in [-0.05, 0) is 75.0 Å². The largest absolute Gasteiger partial charge is 0.330 e. The van der Waals surface area contributed by atoms with Crippen molar-refractivity contribution in [1.82, 2.24) is 9.55 Å². The molecule has 1 N–H and O–H groups in total. The van der Waals surface area contributed by atoms with Crippen LogP contribution in [0.15, 0.2) is 34.8 Å². The van der Waals surface area contributed by atoms with E-state index in [0.29, 0.717) is 19.8 Å². The molecule has 3 rings (SSSR count). The lowest BCUT2D eigenvalue weighted by Crippen LogP contribution is -1.95. The van der Waals surface area contributed by atoms with Crippen molar-refractivity contribution in [2.75, 3.05) is 0 Å². The molecule has 0 spiro atoms. The fourth-order valence-corrected chi connectivity index (χ4v) is 3.58. The van der Waals surface area contributed by atoms with Crippen LogP contribution in [-0.2, 0) is 0 Å². The van der Waals surface area contributed by atoms with Crippen LogP contribution < -0.4 is 0 Å². The van der Waals surface area contributed by atoms with E-state index in [1.807, 2.05) is 18.2 Å². The molecule has 0 bridgehead atoms. The van der Waals surface area contributed by atoms with Gasteiger partial charge in [0.2, 0.25) is 0 Å². The lowest BCUT2D eigenvalue weighted by Gasteiger charge is -2.08. The van der Waals surface area contributed by atoms with Crippen molar-refractivity contribution in [2.24, 2.45) is 0 Å². The maximum atomic E-state index is 13.6. The number of imidazole rings is 1. The number of hydrogen-bond donors (Lipinski definition) is 1. The van der Waals surface area contributed by atoms with E-state index in [2.05, 4.69) is 43.5 Å². The number of aromatic nitrogens is 2. The van der Waals surface area contributed by atoms with Gasteiger partial charge in [-0.3, -0.25) is 4.57 Å². The summed E-state index contributed by atoms with van der Waals surface area (Å²) in [4.78, 5) is 2.99. The van der Waals surface area contributed by atoms with Crippen LogP contribution in [0, 0.1) is 14.2 Å². The molecule has 1 heterocycles. The Bertz CT molecular complexity index is 890. The summed E-state index contributed by atoms with van der Waals surface area (Å²) in [6.45, 7) is 0. The number of benzene rings is 2. The van der Waals surface area contributed by atoms with Crippen LogP contribution in [0.2, 0.25) is 5.02 Å². The van der Waals surface area contributed by atoms with Crippen LogP contribution in [0.4, 0.5) is 4.39 Å². The quantitative estimate of drug-likeness (QED) is 0.340. The summed E-state index contributed by atoms with van der Waals surface area (Å²) in [7, 11) is 0. The minimum absolute atomic E-state index is 0.338. The molecule has 0 radical (unpaired) electrons. The zero-order valence-corrected chi connectivity index (χ0v) is 15.1. The normalized spacial score (nSPS) is 11.2. The summed E-state index contributed by atoms with van der Waals surface area (Å²) in [5.41, 5.74) is 2.17. The van der Waals surface area contributed by atoms with Gasteiger partial charge < -0.3 is 4.98 Å². The predicted octanol–water partition coefficient (Wildman–Crippen LogP) is 5.85. The van der Waals surface area contributed by atoms with Crippen molar-refractivity contribution < 1.29 is 4.39 Å². The first-order valence-corrected chi connectivity index (χ1v) is 8.18. The number of aromatic amines is 1. The van der Waals surface area contributed by atoms with Crippen molar-refractivity contribution in [3.05, 3.63) is 54.0 Å². The monoisotopic (exact) mass is 482 g/mol. The number of halogens is 4. The number of nitrogens with one attached hydrogen (secondary N) is 1. The Hall–Kier alpha value is -0.440.